The van der Waals surface area contributed by atoms with E-state index in [1.54, 1.807) is 12.4 Å². The van der Waals surface area contributed by atoms with Crippen molar-refractivity contribution in [3.05, 3.63) is 29.5 Å². The van der Waals surface area contributed by atoms with Gasteiger partial charge in [-0.1, -0.05) is 11.3 Å². The third-order valence-electron chi connectivity index (χ3n) is 4.99. The summed E-state index contributed by atoms with van der Waals surface area (Å²) in [7, 11) is 0. The maximum atomic E-state index is 12.3. The molecule has 0 aliphatic carbocycles. The Hall–Kier alpha value is -2.33. The van der Waals surface area contributed by atoms with Crippen LogP contribution in [0.3, 0.4) is 0 Å². The molecule has 0 saturated carbocycles. The molecule has 1 aliphatic rings. The number of piperidine rings is 1. The minimum atomic E-state index is -4.11. The third-order valence-corrected chi connectivity index (χ3v) is 5.87. The first-order valence-electron chi connectivity index (χ1n) is 9.49. The van der Waals surface area contributed by atoms with E-state index in [-0.39, 0.29) is 12.6 Å². The lowest BCUT2D eigenvalue weighted by Crippen LogP contribution is -2.43. The van der Waals surface area contributed by atoms with Gasteiger partial charge in [0.05, 0.1) is 18.1 Å². The van der Waals surface area contributed by atoms with Crippen molar-refractivity contribution in [3.8, 4) is 10.6 Å². The van der Waals surface area contributed by atoms with E-state index in [0.717, 1.165) is 58.2 Å². The van der Waals surface area contributed by atoms with Crippen LogP contribution in [0.4, 0.5) is 19.0 Å². The number of aryl methyl sites for hydroxylation is 1. The predicted molar refractivity (Wildman–Crippen MR) is 107 cm³/mol. The molecule has 3 aromatic heterocycles. The fourth-order valence-corrected chi connectivity index (χ4v) is 4.13. The lowest BCUT2D eigenvalue weighted by Gasteiger charge is -2.33. The molecule has 4 rings (SSSR count). The highest BCUT2D eigenvalue weighted by Crippen LogP contribution is 2.27. The number of aromatic nitrogens is 4. The van der Waals surface area contributed by atoms with E-state index in [1.807, 2.05) is 19.1 Å². The van der Waals surface area contributed by atoms with E-state index < -0.39 is 12.6 Å². The van der Waals surface area contributed by atoms with E-state index in [9.17, 15) is 13.2 Å². The van der Waals surface area contributed by atoms with Crippen LogP contribution in [0.15, 0.2) is 24.5 Å². The second kappa shape index (κ2) is 8.19. The molecule has 1 saturated heterocycles. The van der Waals surface area contributed by atoms with Gasteiger partial charge in [-0.05, 0) is 31.9 Å². The van der Waals surface area contributed by atoms with Crippen LogP contribution in [-0.4, -0.2) is 52.0 Å². The van der Waals surface area contributed by atoms with E-state index in [4.69, 9.17) is 0 Å². The minimum absolute atomic E-state index is 0.0259. The van der Waals surface area contributed by atoms with Gasteiger partial charge in [-0.3, -0.25) is 4.98 Å². The number of hydrogen-bond acceptors (Lipinski definition) is 7. The Morgan fingerprint density at radius 3 is 2.62 bits per heavy atom. The molecule has 1 N–H and O–H groups in total. The predicted octanol–water partition coefficient (Wildman–Crippen LogP) is 3.97. The number of rotatable bonds is 5. The number of nitrogens with one attached hydrogen (secondary N) is 1. The standard InChI is InChI=1S/C19H21F3N6S/c1-12-26-27-18(29-12)14-8-13-9-17(25-11-16(13)24-10-14)28-6-2-15(3-7-28)23-5-4-19(20,21)22/h8-11,15,23H,2-7H2,1H3. The molecule has 1 fully saturated rings. The Labute approximate surface area is 170 Å². The van der Waals surface area contributed by atoms with Gasteiger partial charge >= 0.3 is 6.18 Å². The van der Waals surface area contributed by atoms with Gasteiger partial charge in [0.15, 0.2) is 0 Å². The van der Waals surface area contributed by atoms with Crippen LogP contribution in [0, 0.1) is 6.92 Å². The molecular formula is C19H21F3N6S. The van der Waals surface area contributed by atoms with Crippen LogP contribution in [0.2, 0.25) is 0 Å². The molecule has 3 aromatic rings. The Balaban J connectivity index is 1.42. The normalized spacial score (nSPS) is 15.9. The molecule has 0 bridgehead atoms. The number of nitrogens with zero attached hydrogens (tertiary/aromatic N) is 5. The minimum Gasteiger partial charge on any atom is -0.356 e. The van der Waals surface area contributed by atoms with E-state index in [2.05, 4.69) is 30.4 Å². The molecular weight excluding hydrogens is 401 g/mol. The average molecular weight is 422 g/mol. The van der Waals surface area contributed by atoms with Gasteiger partial charge in [0.2, 0.25) is 0 Å². The maximum absolute atomic E-state index is 12.3. The van der Waals surface area contributed by atoms with Gasteiger partial charge in [-0.2, -0.15) is 13.2 Å². The molecule has 0 aromatic carbocycles. The van der Waals surface area contributed by atoms with Gasteiger partial charge in [-0.25, -0.2) is 4.98 Å². The first-order valence-corrected chi connectivity index (χ1v) is 10.3. The molecule has 0 spiro atoms. The number of hydrogen-bond donors (Lipinski definition) is 1. The van der Waals surface area contributed by atoms with Gasteiger partial charge in [0, 0.05) is 42.8 Å². The number of halogens is 3. The smallest absolute Gasteiger partial charge is 0.356 e. The van der Waals surface area contributed by atoms with Crippen molar-refractivity contribution in [2.75, 3.05) is 24.5 Å². The van der Waals surface area contributed by atoms with Crippen LogP contribution in [0.1, 0.15) is 24.3 Å². The summed E-state index contributed by atoms with van der Waals surface area (Å²) >= 11 is 1.52. The van der Waals surface area contributed by atoms with Crippen molar-refractivity contribution in [1.29, 1.82) is 0 Å². The summed E-state index contributed by atoms with van der Waals surface area (Å²) < 4.78 is 36.9. The lowest BCUT2D eigenvalue weighted by molar-refractivity contribution is -0.133. The summed E-state index contributed by atoms with van der Waals surface area (Å²) in [5.74, 6) is 0.860. The maximum Gasteiger partial charge on any atom is 0.390 e. The molecule has 0 atom stereocenters. The monoisotopic (exact) mass is 422 g/mol. The third kappa shape index (κ3) is 4.99. The van der Waals surface area contributed by atoms with Crippen molar-refractivity contribution in [2.45, 2.75) is 38.4 Å². The summed E-state index contributed by atoms with van der Waals surface area (Å²) in [6.45, 7) is 3.40. The summed E-state index contributed by atoms with van der Waals surface area (Å²) in [4.78, 5) is 11.2. The fourth-order valence-electron chi connectivity index (χ4n) is 3.45. The topological polar surface area (TPSA) is 66.8 Å². The van der Waals surface area contributed by atoms with Crippen LogP contribution in [0.5, 0.6) is 0 Å². The first kappa shape index (κ1) is 20.0. The Kier molecular flexibility index (Phi) is 5.64. The first-order chi connectivity index (χ1) is 13.9. The highest BCUT2D eigenvalue weighted by molar-refractivity contribution is 7.14. The SMILES string of the molecule is Cc1nnc(-c2cnc3cnc(N4CCC(NCCC(F)(F)F)CC4)cc3c2)s1. The quantitative estimate of drug-likeness (QED) is 0.671. The van der Waals surface area contributed by atoms with Crippen molar-refractivity contribution >= 4 is 28.1 Å². The number of anilines is 1. The lowest BCUT2D eigenvalue weighted by atomic mass is 10.0. The van der Waals surface area contributed by atoms with Crippen LogP contribution >= 0.6 is 11.3 Å². The Bertz CT molecular complexity index is 981. The largest absolute Gasteiger partial charge is 0.390 e. The molecule has 4 heterocycles. The second-order valence-electron chi connectivity index (χ2n) is 7.17. The highest BCUT2D eigenvalue weighted by atomic mass is 32.1. The zero-order chi connectivity index (χ0) is 20.4. The van der Waals surface area contributed by atoms with Gasteiger partial charge in [0.1, 0.15) is 15.8 Å². The molecule has 0 radical (unpaired) electrons. The zero-order valence-corrected chi connectivity index (χ0v) is 16.7. The fraction of sp³-hybridized carbons (Fsp3) is 0.474. The molecule has 1 aliphatic heterocycles. The Morgan fingerprint density at radius 2 is 1.93 bits per heavy atom. The van der Waals surface area contributed by atoms with E-state index in [1.165, 1.54) is 11.3 Å². The molecule has 154 valence electrons. The van der Waals surface area contributed by atoms with Gasteiger partial charge < -0.3 is 10.2 Å². The van der Waals surface area contributed by atoms with E-state index >= 15 is 0 Å². The summed E-state index contributed by atoms with van der Waals surface area (Å²) in [5.41, 5.74) is 1.73. The second-order valence-corrected chi connectivity index (χ2v) is 8.35. The average Bonchev–Trinajstić information content (AvgIpc) is 3.13. The number of alkyl halides is 3. The van der Waals surface area contributed by atoms with Crippen molar-refractivity contribution < 1.29 is 13.2 Å². The summed E-state index contributed by atoms with van der Waals surface area (Å²) in [5, 5.41) is 14.0. The van der Waals surface area contributed by atoms with Crippen LogP contribution in [-0.2, 0) is 0 Å². The molecule has 10 heteroatoms. The zero-order valence-electron chi connectivity index (χ0n) is 15.9. The van der Waals surface area contributed by atoms with Gasteiger partial charge in [0.25, 0.3) is 0 Å². The van der Waals surface area contributed by atoms with Crippen molar-refractivity contribution in [1.82, 2.24) is 25.5 Å². The summed E-state index contributed by atoms with van der Waals surface area (Å²) in [6, 6.07) is 4.17. The van der Waals surface area contributed by atoms with Crippen molar-refractivity contribution in [3.63, 3.8) is 0 Å². The highest BCUT2D eigenvalue weighted by Gasteiger charge is 2.27. The van der Waals surface area contributed by atoms with Gasteiger partial charge in [-0.15, -0.1) is 10.2 Å². The molecule has 0 unspecified atom stereocenters. The van der Waals surface area contributed by atoms with Crippen LogP contribution in [0.25, 0.3) is 21.5 Å². The Morgan fingerprint density at radius 1 is 1.14 bits per heavy atom. The number of fused-ring (bicyclic) bond motifs is 1. The molecule has 29 heavy (non-hydrogen) atoms. The van der Waals surface area contributed by atoms with Crippen LogP contribution < -0.4 is 10.2 Å². The van der Waals surface area contributed by atoms with E-state index in [0.29, 0.717) is 0 Å². The molecule has 0 amide bonds. The number of pyridine rings is 2. The summed E-state index contributed by atoms with van der Waals surface area (Å²) in [6.07, 6.45) is 0.223. The van der Waals surface area contributed by atoms with Crippen molar-refractivity contribution in [2.24, 2.45) is 0 Å². The molecule has 6 nitrogen and oxygen atoms in total.